The first kappa shape index (κ1) is 19.0. The van der Waals surface area contributed by atoms with Gasteiger partial charge in [-0.05, 0) is 39.2 Å². The van der Waals surface area contributed by atoms with Gasteiger partial charge in [0.25, 0.3) is 5.91 Å². The van der Waals surface area contributed by atoms with E-state index >= 15 is 0 Å². The summed E-state index contributed by atoms with van der Waals surface area (Å²) in [5, 5.41) is 7.71. The summed E-state index contributed by atoms with van der Waals surface area (Å²) in [7, 11) is 1.80. The van der Waals surface area contributed by atoms with Crippen molar-refractivity contribution in [2.24, 2.45) is 7.05 Å². The van der Waals surface area contributed by atoms with Crippen molar-refractivity contribution in [3.05, 3.63) is 41.5 Å². The normalized spacial score (nSPS) is 12.2. The highest BCUT2D eigenvalue weighted by Crippen LogP contribution is 2.22. The summed E-state index contributed by atoms with van der Waals surface area (Å²) < 4.78 is 8.86. The van der Waals surface area contributed by atoms with Gasteiger partial charge in [-0.2, -0.15) is 5.10 Å². The number of carbonyl (C=O) groups excluding carboxylic acids is 2. The Kier molecular flexibility index (Phi) is 5.22. The van der Waals surface area contributed by atoms with E-state index in [0.29, 0.717) is 22.1 Å². The Hall–Kier alpha value is -2.81. The second-order valence-electron chi connectivity index (χ2n) is 6.11. The molecule has 0 aliphatic rings. The number of esters is 1. The Morgan fingerprint density at radius 1 is 1.30 bits per heavy atom. The quantitative estimate of drug-likeness (QED) is 0.535. The van der Waals surface area contributed by atoms with Gasteiger partial charge in [-0.3, -0.25) is 13.9 Å². The van der Waals surface area contributed by atoms with Gasteiger partial charge in [0, 0.05) is 13.2 Å². The molecule has 0 radical (unpaired) electrons. The van der Waals surface area contributed by atoms with Crippen molar-refractivity contribution in [2.75, 3.05) is 11.6 Å². The van der Waals surface area contributed by atoms with Gasteiger partial charge in [-0.15, -0.1) is 0 Å². The lowest BCUT2D eigenvalue weighted by Gasteiger charge is -2.13. The number of amides is 1. The lowest BCUT2D eigenvalue weighted by atomic mass is 10.3. The fourth-order valence-corrected chi connectivity index (χ4v) is 3.29. The smallest absolute Gasteiger partial charge is 0.360 e. The van der Waals surface area contributed by atoms with Gasteiger partial charge in [0.1, 0.15) is 0 Å². The molecule has 3 rings (SSSR count). The Bertz CT molecular complexity index is 1020. The number of imidazole rings is 1. The van der Waals surface area contributed by atoms with Crippen LogP contribution in [-0.4, -0.2) is 43.4 Å². The molecule has 3 heterocycles. The van der Waals surface area contributed by atoms with Crippen LogP contribution in [0.1, 0.15) is 28.8 Å². The molecular formula is C18H21N5O3S. The Balaban J connectivity index is 1.77. The summed E-state index contributed by atoms with van der Waals surface area (Å²) in [6, 6.07) is 5.47. The highest BCUT2D eigenvalue weighted by Gasteiger charge is 2.25. The van der Waals surface area contributed by atoms with Crippen LogP contribution in [0.4, 0.5) is 5.69 Å². The van der Waals surface area contributed by atoms with Gasteiger partial charge >= 0.3 is 5.97 Å². The summed E-state index contributed by atoms with van der Waals surface area (Å²) in [5.74, 6) is -1.06. The monoisotopic (exact) mass is 387 g/mol. The first-order valence-corrected chi connectivity index (χ1v) is 9.59. The number of carbonyl (C=O) groups is 2. The minimum absolute atomic E-state index is 0.188. The summed E-state index contributed by atoms with van der Waals surface area (Å²) in [4.78, 5) is 29.4. The van der Waals surface area contributed by atoms with Crippen LogP contribution in [0.2, 0.25) is 0 Å². The molecule has 3 aromatic heterocycles. The summed E-state index contributed by atoms with van der Waals surface area (Å²) in [6.07, 6.45) is 2.73. The van der Waals surface area contributed by atoms with E-state index in [-0.39, 0.29) is 5.69 Å². The zero-order chi connectivity index (χ0) is 19.7. The molecule has 0 fully saturated rings. The van der Waals surface area contributed by atoms with Crippen LogP contribution < -0.4 is 5.32 Å². The number of rotatable bonds is 5. The van der Waals surface area contributed by atoms with Crippen LogP contribution in [-0.2, 0) is 16.6 Å². The fourth-order valence-electron chi connectivity index (χ4n) is 2.75. The van der Waals surface area contributed by atoms with Gasteiger partial charge in [0.05, 0.1) is 22.6 Å². The Labute approximate surface area is 160 Å². The third-order valence-corrected chi connectivity index (χ3v) is 4.96. The van der Waals surface area contributed by atoms with E-state index in [1.807, 2.05) is 35.9 Å². The predicted octanol–water partition coefficient (Wildman–Crippen LogP) is 2.59. The highest BCUT2D eigenvalue weighted by atomic mass is 32.2. The summed E-state index contributed by atoms with van der Waals surface area (Å²) in [5.41, 5.74) is 2.98. The largest absolute Gasteiger partial charge is 0.448 e. The molecular weight excluding hydrogens is 366 g/mol. The molecule has 1 N–H and O–H groups in total. The van der Waals surface area contributed by atoms with Gasteiger partial charge in [0.15, 0.2) is 17.0 Å². The van der Waals surface area contributed by atoms with Crippen molar-refractivity contribution in [1.29, 1.82) is 0 Å². The van der Waals surface area contributed by atoms with Gasteiger partial charge < -0.3 is 10.1 Å². The average Bonchev–Trinajstić information content (AvgIpc) is 3.14. The molecule has 8 nitrogen and oxygen atoms in total. The number of ether oxygens (including phenoxy) is 1. The molecule has 0 aromatic carbocycles. The number of thioether (sulfide) groups is 1. The number of aromatic nitrogens is 4. The molecule has 0 spiro atoms. The van der Waals surface area contributed by atoms with E-state index in [9.17, 15) is 9.59 Å². The van der Waals surface area contributed by atoms with E-state index < -0.39 is 18.0 Å². The molecule has 0 saturated heterocycles. The molecule has 0 aliphatic carbocycles. The zero-order valence-corrected chi connectivity index (χ0v) is 16.6. The number of hydrogen-bond donors (Lipinski definition) is 1. The van der Waals surface area contributed by atoms with Crippen LogP contribution in [0.15, 0.2) is 29.6 Å². The van der Waals surface area contributed by atoms with Crippen LogP contribution in [0.3, 0.4) is 0 Å². The topological polar surface area (TPSA) is 90.5 Å². The van der Waals surface area contributed by atoms with Gasteiger partial charge in [-0.25, -0.2) is 9.78 Å². The van der Waals surface area contributed by atoms with E-state index in [1.165, 1.54) is 18.7 Å². The maximum absolute atomic E-state index is 12.6. The van der Waals surface area contributed by atoms with E-state index in [4.69, 9.17) is 4.74 Å². The van der Waals surface area contributed by atoms with Crippen molar-refractivity contribution >= 4 is 34.8 Å². The maximum atomic E-state index is 12.6. The second kappa shape index (κ2) is 7.43. The van der Waals surface area contributed by atoms with Gasteiger partial charge in [-0.1, -0.05) is 17.8 Å². The lowest BCUT2D eigenvalue weighted by molar-refractivity contribution is -0.123. The zero-order valence-electron chi connectivity index (χ0n) is 15.8. The number of anilines is 1. The molecule has 1 atom stereocenters. The first-order chi connectivity index (χ1) is 12.8. The Morgan fingerprint density at radius 2 is 2.04 bits per heavy atom. The van der Waals surface area contributed by atoms with Crippen LogP contribution in [0.5, 0.6) is 0 Å². The Morgan fingerprint density at radius 3 is 2.67 bits per heavy atom. The molecule has 0 aliphatic heterocycles. The number of nitrogens with zero attached hydrogens (tertiary/aromatic N) is 4. The van der Waals surface area contributed by atoms with Crippen molar-refractivity contribution in [2.45, 2.75) is 32.0 Å². The SMILES string of the molecule is CSc1nc(C(=O)OC(C)C(=O)Nc2c(C)nn(C)c2C)c2ccccn12. The van der Waals surface area contributed by atoms with Crippen molar-refractivity contribution < 1.29 is 14.3 Å². The molecule has 142 valence electrons. The first-order valence-electron chi connectivity index (χ1n) is 8.36. The van der Waals surface area contributed by atoms with Gasteiger partial charge in [0.2, 0.25) is 0 Å². The minimum Gasteiger partial charge on any atom is -0.448 e. The third-order valence-electron chi connectivity index (χ3n) is 4.30. The molecule has 1 amide bonds. The molecule has 0 saturated carbocycles. The average molecular weight is 387 g/mol. The molecule has 0 bridgehead atoms. The van der Waals surface area contributed by atoms with E-state index in [1.54, 1.807) is 24.7 Å². The van der Waals surface area contributed by atoms with Crippen molar-refractivity contribution in [3.8, 4) is 0 Å². The predicted molar refractivity (Wildman–Crippen MR) is 103 cm³/mol. The number of pyridine rings is 1. The minimum atomic E-state index is -0.977. The molecule has 1 unspecified atom stereocenters. The van der Waals surface area contributed by atoms with E-state index in [2.05, 4.69) is 15.4 Å². The van der Waals surface area contributed by atoms with Crippen molar-refractivity contribution in [3.63, 3.8) is 0 Å². The third kappa shape index (κ3) is 3.55. The van der Waals surface area contributed by atoms with Crippen LogP contribution in [0.25, 0.3) is 5.52 Å². The molecule has 27 heavy (non-hydrogen) atoms. The van der Waals surface area contributed by atoms with E-state index in [0.717, 1.165) is 5.69 Å². The fraction of sp³-hybridized carbons (Fsp3) is 0.333. The standard InChI is InChI=1S/C18H21N5O3S/c1-10-14(11(2)22(4)21-10)19-16(24)12(3)26-17(25)15-13-8-6-7-9-23(13)18(20-15)27-5/h6-9,12H,1-5H3,(H,19,24). The highest BCUT2D eigenvalue weighted by molar-refractivity contribution is 7.98. The number of hydrogen-bond acceptors (Lipinski definition) is 6. The summed E-state index contributed by atoms with van der Waals surface area (Å²) in [6.45, 7) is 5.19. The van der Waals surface area contributed by atoms with Crippen molar-refractivity contribution in [1.82, 2.24) is 19.2 Å². The maximum Gasteiger partial charge on any atom is 0.360 e. The van der Waals surface area contributed by atoms with Crippen LogP contribution in [0, 0.1) is 13.8 Å². The summed E-state index contributed by atoms with van der Waals surface area (Å²) >= 11 is 1.42. The number of fused-ring (bicyclic) bond motifs is 1. The number of aryl methyl sites for hydroxylation is 2. The second-order valence-corrected chi connectivity index (χ2v) is 6.88. The number of nitrogens with one attached hydrogen (secondary N) is 1. The molecule has 9 heteroatoms. The molecule has 3 aromatic rings. The lowest BCUT2D eigenvalue weighted by Crippen LogP contribution is -2.30. The van der Waals surface area contributed by atoms with Crippen LogP contribution >= 0.6 is 11.8 Å².